The average molecular weight is 401 g/mol. The summed E-state index contributed by atoms with van der Waals surface area (Å²) >= 11 is 3.45. The molecule has 128 valence electrons. The largest absolute Gasteiger partial charge is 0.493 e. The Labute approximate surface area is 155 Å². The van der Waals surface area contributed by atoms with Crippen LogP contribution < -0.4 is 14.8 Å². The zero-order valence-corrected chi connectivity index (χ0v) is 15.5. The second-order valence-electron chi connectivity index (χ2n) is 5.01. The Kier molecular flexibility index (Phi) is 6.61. The van der Waals surface area contributed by atoms with E-state index < -0.39 is 0 Å². The molecule has 0 saturated heterocycles. The fourth-order valence-corrected chi connectivity index (χ4v) is 2.63. The molecule has 5 nitrogen and oxygen atoms in total. The Morgan fingerprint density at radius 1 is 1.36 bits per heavy atom. The molecule has 25 heavy (non-hydrogen) atoms. The molecule has 0 aliphatic rings. The first-order valence-electron chi connectivity index (χ1n) is 7.39. The Hall–Kier alpha value is -2.78. The number of anilines is 1. The monoisotopic (exact) mass is 400 g/mol. The van der Waals surface area contributed by atoms with Gasteiger partial charge in [0.05, 0.1) is 17.3 Å². The molecule has 2 aromatic rings. The van der Waals surface area contributed by atoms with E-state index in [4.69, 9.17) is 15.9 Å². The number of nitrogens with one attached hydrogen (secondary N) is 1. The van der Waals surface area contributed by atoms with Crippen molar-refractivity contribution in [3.8, 4) is 23.8 Å². The number of amides is 1. The van der Waals surface area contributed by atoms with Crippen molar-refractivity contribution in [3.05, 3.63) is 46.4 Å². The second kappa shape index (κ2) is 8.90. The maximum absolute atomic E-state index is 11.0. The van der Waals surface area contributed by atoms with Gasteiger partial charge in [-0.05, 0) is 57.9 Å². The number of halogens is 1. The number of nitrogens with zero attached hydrogens (tertiary/aromatic N) is 1. The van der Waals surface area contributed by atoms with E-state index in [0.29, 0.717) is 11.5 Å². The van der Waals surface area contributed by atoms with Crippen molar-refractivity contribution in [2.24, 2.45) is 4.99 Å². The van der Waals surface area contributed by atoms with E-state index in [0.717, 1.165) is 21.4 Å². The Morgan fingerprint density at radius 2 is 2.08 bits per heavy atom. The molecule has 6 heteroatoms. The van der Waals surface area contributed by atoms with E-state index in [1.54, 1.807) is 25.5 Å². The van der Waals surface area contributed by atoms with Gasteiger partial charge < -0.3 is 14.8 Å². The molecular weight excluding hydrogens is 384 g/mol. The molecule has 1 N–H and O–H groups in total. The minimum atomic E-state index is -0.111. The smallest absolute Gasteiger partial charge is 0.221 e. The van der Waals surface area contributed by atoms with Crippen LogP contribution in [0.3, 0.4) is 0 Å². The van der Waals surface area contributed by atoms with E-state index in [-0.39, 0.29) is 12.5 Å². The van der Waals surface area contributed by atoms with Crippen molar-refractivity contribution in [2.45, 2.75) is 6.92 Å². The predicted octanol–water partition coefficient (Wildman–Crippen LogP) is 4.18. The minimum Gasteiger partial charge on any atom is -0.493 e. The highest BCUT2D eigenvalue weighted by molar-refractivity contribution is 9.10. The quantitative estimate of drug-likeness (QED) is 0.584. The number of benzene rings is 2. The number of terminal acetylenes is 1. The molecule has 0 heterocycles. The lowest BCUT2D eigenvalue weighted by Crippen LogP contribution is -2.04. The van der Waals surface area contributed by atoms with E-state index in [2.05, 4.69) is 32.2 Å². The van der Waals surface area contributed by atoms with Gasteiger partial charge in [0.15, 0.2) is 11.5 Å². The van der Waals surface area contributed by atoms with Gasteiger partial charge in [-0.1, -0.05) is 5.92 Å². The summed E-state index contributed by atoms with van der Waals surface area (Å²) in [6.45, 7) is 1.62. The normalized spacial score (nSPS) is 10.3. The lowest BCUT2D eigenvalue weighted by Gasteiger charge is -2.11. The van der Waals surface area contributed by atoms with E-state index >= 15 is 0 Å². The van der Waals surface area contributed by atoms with Crippen LogP contribution in [0.15, 0.2) is 45.9 Å². The van der Waals surface area contributed by atoms with Gasteiger partial charge in [-0.25, -0.2) is 0 Å². The summed E-state index contributed by atoms with van der Waals surface area (Å²) in [4.78, 5) is 15.4. The molecule has 0 unspecified atom stereocenters. The molecule has 0 aliphatic heterocycles. The lowest BCUT2D eigenvalue weighted by atomic mass is 10.2. The molecule has 0 radical (unpaired) electrons. The summed E-state index contributed by atoms with van der Waals surface area (Å²) in [5.41, 5.74) is 2.32. The SMILES string of the molecule is C#CCOc1c(Br)cc(C=Nc2ccc(NC(C)=O)cc2)cc1OC. The zero-order chi connectivity index (χ0) is 18.2. The van der Waals surface area contributed by atoms with Gasteiger partial charge in [0.25, 0.3) is 0 Å². The molecule has 0 aliphatic carbocycles. The van der Waals surface area contributed by atoms with Crippen LogP contribution in [-0.2, 0) is 4.79 Å². The number of carbonyl (C=O) groups is 1. The number of carbonyl (C=O) groups excluding carboxylic acids is 1. The summed E-state index contributed by atoms with van der Waals surface area (Å²) in [6, 6.07) is 10.9. The van der Waals surface area contributed by atoms with Crippen molar-refractivity contribution >= 4 is 39.4 Å². The second-order valence-corrected chi connectivity index (χ2v) is 5.87. The van der Waals surface area contributed by atoms with Crippen LogP contribution in [0.2, 0.25) is 0 Å². The van der Waals surface area contributed by atoms with E-state index in [1.165, 1.54) is 6.92 Å². The van der Waals surface area contributed by atoms with Crippen LogP contribution in [0.25, 0.3) is 0 Å². The van der Waals surface area contributed by atoms with Crippen LogP contribution in [0.5, 0.6) is 11.5 Å². The van der Waals surface area contributed by atoms with Crippen LogP contribution in [0.1, 0.15) is 12.5 Å². The number of methoxy groups -OCH3 is 1. The first-order chi connectivity index (χ1) is 12.0. The summed E-state index contributed by atoms with van der Waals surface area (Å²) in [5, 5.41) is 2.71. The third-order valence-electron chi connectivity index (χ3n) is 3.10. The minimum absolute atomic E-state index is 0.111. The third kappa shape index (κ3) is 5.37. The number of ether oxygens (including phenoxy) is 2. The van der Waals surface area contributed by atoms with Crippen LogP contribution in [-0.4, -0.2) is 25.8 Å². The lowest BCUT2D eigenvalue weighted by molar-refractivity contribution is -0.114. The van der Waals surface area contributed by atoms with Gasteiger partial charge >= 0.3 is 0 Å². The Bertz CT molecular complexity index is 824. The first kappa shape index (κ1) is 18.6. The molecule has 0 saturated carbocycles. The number of hydrogen-bond acceptors (Lipinski definition) is 4. The predicted molar refractivity (Wildman–Crippen MR) is 103 cm³/mol. The van der Waals surface area contributed by atoms with Crippen molar-refractivity contribution in [3.63, 3.8) is 0 Å². The topological polar surface area (TPSA) is 59.9 Å². The van der Waals surface area contributed by atoms with Gasteiger partial charge in [-0.15, -0.1) is 6.42 Å². The van der Waals surface area contributed by atoms with Crippen molar-refractivity contribution in [1.82, 2.24) is 0 Å². The molecule has 0 fully saturated rings. The summed E-state index contributed by atoms with van der Waals surface area (Å²) in [7, 11) is 1.56. The first-order valence-corrected chi connectivity index (χ1v) is 8.18. The fourth-order valence-electron chi connectivity index (χ4n) is 2.05. The maximum atomic E-state index is 11.0. The average Bonchev–Trinajstić information content (AvgIpc) is 2.59. The van der Waals surface area contributed by atoms with Crippen molar-refractivity contribution in [2.75, 3.05) is 19.0 Å². The molecule has 1 amide bonds. The Balaban J connectivity index is 2.19. The molecule has 0 aromatic heterocycles. The van der Waals surface area contributed by atoms with E-state index in [1.807, 2.05) is 24.3 Å². The molecule has 0 spiro atoms. The molecule has 2 rings (SSSR count). The zero-order valence-electron chi connectivity index (χ0n) is 13.9. The standard InChI is InChI=1S/C19H17BrN2O3/c1-4-9-25-19-17(20)10-14(11-18(19)24-3)12-21-15-5-7-16(8-6-15)22-13(2)23/h1,5-8,10-12H,9H2,2-3H3,(H,22,23). The number of rotatable bonds is 6. The number of aliphatic imine (C=N–C) groups is 1. The summed E-state index contributed by atoms with van der Waals surface area (Å²) in [5.74, 6) is 3.43. The Morgan fingerprint density at radius 3 is 2.68 bits per heavy atom. The third-order valence-corrected chi connectivity index (χ3v) is 3.69. The fraction of sp³-hybridized carbons (Fsp3) is 0.158. The van der Waals surface area contributed by atoms with E-state index in [9.17, 15) is 4.79 Å². The molecule has 0 bridgehead atoms. The highest BCUT2D eigenvalue weighted by Crippen LogP contribution is 2.36. The van der Waals surface area contributed by atoms with Gasteiger partial charge in [-0.3, -0.25) is 9.79 Å². The van der Waals surface area contributed by atoms with Gasteiger partial charge in [-0.2, -0.15) is 0 Å². The number of hydrogen-bond donors (Lipinski definition) is 1. The summed E-state index contributed by atoms with van der Waals surface area (Å²) in [6.07, 6.45) is 6.94. The highest BCUT2D eigenvalue weighted by Gasteiger charge is 2.10. The highest BCUT2D eigenvalue weighted by atomic mass is 79.9. The van der Waals surface area contributed by atoms with Crippen molar-refractivity contribution in [1.29, 1.82) is 0 Å². The van der Waals surface area contributed by atoms with Crippen LogP contribution in [0.4, 0.5) is 11.4 Å². The molecule has 2 aromatic carbocycles. The van der Waals surface area contributed by atoms with Crippen molar-refractivity contribution < 1.29 is 14.3 Å². The van der Waals surface area contributed by atoms with Crippen LogP contribution in [0, 0.1) is 12.3 Å². The molecular formula is C19H17BrN2O3. The van der Waals surface area contributed by atoms with Gasteiger partial charge in [0.1, 0.15) is 6.61 Å². The summed E-state index contributed by atoms with van der Waals surface area (Å²) < 4.78 is 11.6. The maximum Gasteiger partial charge on any atom is 0.221 e. The van der Waals surface area contributed by atoms with Gasteiger partial charge in [0, 0.05) is 18.8 Å². The van der Waals surface area contributed by atoms with Gasteiger partial charge in [0.2, 0.25) is 5.91 Å². The van der Waals surface area contributed by atoms with Crippen LogP contribution >= 0.6 is 15.9 Å². The molecule has 0 atom stereocenters.